The van der Waals surface area contributed by atoms with Crippen LogP contribution in [0.3, 0.4) is 0 Å². The molecule has 1 fully saturated rings. The van der Waals surface area contributed by atoms with E-state index < -0.39 is 10.0 Å². The number of benzene rings is 2. The first kappa shape index (κ1) is 20.0. The average molecular weight is 453 g/mol. The van der Waals surface area contributed by atoms with E-state index in [0.29, 0.717) is 36.5 Å². The van der Waals surface area contributed by atoms with Crippen LogP contribution >= 0.6 is 15.9 Å². The van der Waals surface area contributed by atoms with Gasteiger partial charge < -0.3 is 10.1 Å². The Morgan fingerprint density at radius 3 is 2.56 bits per heavy atom. The van der Waals surface area contributed by atoms with Gasteiger partial charge in [-0.05, 0) is 65.2 Å². The normalized spacial score (nSPS) is 15.5. The lowest BCUT2D eigenvalue weighted by atomic mass is 10.1. The second-order valence-corrected chi connectivity index (χ2v) is 9.12. The molecule has 6 nitrogen and oxygen atoms in total. The van der Waals surface area contributed by atoms with Crippen LogP contribution in [0.1, 0.15) is 21.5 Å². The van der Waals surface area contributed by atoms with E-state index in [0.717, 1.165) is 11.1 Å². The Labute approximate surface area is 167 Å². The molecular formula is C19H21BrN2O4S. The monoisotopic (exact) mass is 452 g/mol. The molecule has 3 rings (SSSR count). The fourth-order valence-corrected chi connectivity index (χ4v) is 5.21. The first-order valence-electron chi connectivity index (χ1n) is 8.55. The highest BCUT2D eigenvalue weighted by molar-refractivity contribution is 9.10. The molecule has 1 amide bonds. The molecule has 0 aromatic heterocycles. The molecule has 144 valence electrons. The van der Waals surface area contributed by atoms with Crippen LogP contribution in [-0.4, -0.2) is 44.9 Å². The zero-order valence-electron chi connectivity index (χ0n) is 15.2. The highest BCUT2D eigenvalue weighted by atomic mass is 79.9. The second kappa shape index (κ2) is 8.10. The van der Waals surface area contributed by atoms with Crippen LogP contribution in [-0.2, 0) is 14.8 Å². The fraction of sp³-hybridized carbons (Fsp3) is 0.316. The maximum absolute atomic E-state index is 12.9. The number of sulfonamides is 1. The molecule has 0 atom stereocenters. The number of morpholine rings is 1. The first-order valence-corrected chi connectivity index (χ1v) is 10.8. The lowest BCUT2D eigenvalue weighted by molar-refractivity contribution is 0.0730. The Balaban J connectivity index is 1.90. The Hall–Kier alpha value is -1.74. The third kappa shape index (κ3) is 4.24. The minimum Gasteiger partial charge on any atom is -0.379 e. The minimum atomic E-state index is -3.71. The molecule has 0 spiro atoms. The van der Waals surface area contributed by atoms with Crippen molar-refractivity contribution in [3.8, 4) is 0 Å². The third-order valence-corrected chi connectivity index (χ3v) is 7.53. The molecule has 1 heterocycles. The van der Waals surface area contributed by atoms with Gasteiger partial charge in [-0.3, -0.25) is 4.79 Å². The van der Waals surface area contributed by atoms with Gasteiger partial charge in [0.25, 0.3) is 5.91 Å². The van der Waals surface area contributed by atoms with Crippen LogP contribution in [0.25, 0.3) is 0 Å². The van der Waals surface area contributed by atoms with Gasteiger partial charge in [0.1, 0.15) is 0 Å². The minimum absolute atomic E-state index is 0.0815. The van der Waals surface area contributed by atoms with E-state index in [1.807, 2.05) is 32.0 Å². The molecule has 2 aromatic rings. The maximum Gasteiger partial charge on any atom is 0.255 e. The molecule has 0 bridgehead atoms. The first-order chi connectivity index (χ1) is 12.8. The smallest absolute Gasteiger partial charge is 0.255 e. The van der Waals surface area contributed by atoms with Gasteiger partial charge in [-0.25, -0.2) is 8.42 Å². The maximum atomic E-state index is 12.9. The number of hydrogen-bond donors (Lipinski definition) is 1. The summed E-state index contributed by atoms with van der Waals surface area (Å²) < 4.78 is 32.9. The highest BCUT2D eigenvalue weighted by Crippen LogP contribution is 2.27. The largest absolute Gasteiger partial charge is 0.379 e. The van der Waals surface area contributed by atoms with E-state index in [-0.39, 0.29) is 16.4 Å². The predicted octanol–water partition coefficient (Wildman–Crippen LogP) is 3.34. The van der Waals surface area contributed by atoms with Crippen LogP contribution in [0.2, 0.25) is 0 Å². The van der Waals surface area contributed by atoms with Crippen molar-refractivity contribution in [2.75, 3.05) is 31.6 Å². The number of nitrogens with zero attached hydrogens (tertiary/aromatic N) is 1. The third-order valence-electron chi connectivity index (χ3n) is 4.63. The van der Waals surface area contributed by atoms with Gasteiger partial charge in [-0.2, -0.15) is 4.31 Å². The van der Waals surface area contributed by atoms with Crippen molar-refractivity contribution >= 4 is 37.5 Å². The van der Waals surface area contributed by atoms with Crippen LogP contribution in [0.5, 0.6) is 0 Å². The van der Waals surface area contributed by atoms with Crippen molar-refractivity contribution in [1.29, 1.82) is 0 Å². The number of aryl methyl sites for hydroxylation is 1. The van der Waals surface area contributed by atoms with Crippen molar-refractivity contribution in [3.05, 3.63) is 57.6 Å². The van der Waals surface area contributed by atoms with E-state index in [1.165, 1.54) is 10.4 Å². The molecule has 1 aliphatic rings. The molecule has 0 aliphatic carbocycles. The molecule has 1 aliphatic heterocycles. The summed E-state index contributed by atoms with van der Waals surface area (Å²) in [7, 11) is -3.71. The zero-order valence-corrected chi connectivity index (χ0v) is 17.6. The summed E-state index contributed by atoms with van der Waals surface area (Å²) in [5, 5.41) is 2.86. The summed E-state index contributed by atoms with van der Waals surface area (Å²) in [5.74, 6) is -0.352. The molecule has 2 aromatic carbocycles. The quantitative estimate of drug-likeness (QED) is 0.771. The number of anilines is 1. The predicted molar refractivity (Wildman–Crippen MR) is 108 cm³/mol. The Morgan fingerprint density at radius 1 is 1.15 bits per heavy atom. The summed E-state index contributed by atoms with van der Waals surface area (Å²) in [6, 6.07) is 10.3. The van der Waals surface area contributed by atoms with E-state index >= 15 is 0 Å². The molecule has 0 radical (unpaired) electrons. The van der Waals surface area contributed by atoms with Gasteiger partial charge in [-0.1, -0.05) is 12.1 Å². The van der Waals surface area contributed by atoms with Crippen LogP contribution in [0.4, 0.5) is 5.69 Å². The Kier molecular flexibility index (Phi) is 6.00. The van der Waals surface area contributed by atoms with E-state index in [1.54, 1.807) is 12.1 Å². The average Bonchev–Trinajstić information content (AvgIpc) is 2.66. The second-order valence-electron chi connectivity index (χ2n) is 6.36. The number of carbonyl (C=O) groups is 1. The van der Waals surface area contributed by atoms with Crippen molar-refractivity contribution in [3.63, 3.8) is 0 Å². The molecule has 27 heavy (non-hydrogen) atoms. The standard InChI is InChI=1S/C19H21BrN2O4S/c1-13-4-3-5-17(14(13)2)21-19(23)15-6-7-16(20)18(12-15)27(24,25)22-8-10-26-11-9-22/h3-7,12H,8-11H2,1-2H3,(H,21,23). The summed E-state index contributed by atoms with van der Waals surface area (Å²) in [6.45, 7) is 5.23. The lowest BCUT2D eigenvalue weighted by Gasteiger charge is -2.26. The number of nitrogens with one attached hydrogen (secondary N) is 1. The number of halogens is 1. The van der Waals surface area contributed by atoms with E-state index in [4.69, 9.17) is 4.74 Å². The van der Waals surface area contributed by atoms with Crippen molar-refractivity contribution in [1.82, 2.24) is 4.31 Å². The van der Waals surface area contributed by atoms with Gasteiger partial charge in [0.2, 0.25) is 10.0 Å². The van der Waals surface area contributed by atoms with Crippen LogP contribution in [0.15, 0.2) is 45.8 Å². The summed E-state index contributed by atoms with van der Waals surface area (Å²) >= 11 is 3.30. The van der Waals surface area contributed by atoms with Gasteiger partial charge in [0, 0.05) is 28.8 Å². The van der Waals surface area contributed by atoms with E-state index in [2.05, 4.69) is 21.2 Å². The van der Waals surface area contributed by atoms with Gasteiger partial charge >= 0.3 is 0 Å². The summed E-state index contributed by atoms with van der Waals surface area (Å²) in [5.41, 5.74) is 3.04. The number of ether oxygens (including phenoxy) is 1. The number of hydrogen-bond acceptors (Lipinski definition) is 4. The highest BCUT2D eigenvalue weighted by Gasteiger charge is 2.29. The number of carbonyl (C=O) groups excluding carboxylic acids is 1. The molecular weight excluding hydrogens is 432 g/mol. The van der Waals surface area contributed by atoms with Crippen molar-refractivity contribution < 1.29 is 17.9 Å². The Morgan fingerprint density at radius 2 is 1.85 bits per heavy atom. The van der Waals surface area contributed by atoms with Crippen LogP contribution < -0.4 is 5.32 Å². The van der Waals surface area contributed by atoms with E-state index in [9.17, 15) is 13.2 Å². The molecule has 8 heteroatoms. The summed E-state index contributed by atoms with van der Waals surface area (Å²) in [6.07, 6.45) is 0. The van der Waals surface area contributed by atoms with Gasteiger partial charge in [-0.15, -0.1) is 0 Å². The fourth-order valence-electron chi connectivity index (χ4n) is 2.85. The lowest BCUT2D eigenvalue weighted by Crippen LogP contribution is -2.40. The van der Waals surface area contributed by atoms with Crippen LogP contribution in [0, 0.1) is 13.8 Å². The molecule has 1 N–H and O–H groups in total. The molecule has 0 saturated carbocycles. The van der Waals surface area contributed by atoms with Gasteiger partial charge in [0.15, 0.2) is 0 Å². The summed E-state index contributed by atoms with van der Waals surface area (Å²) in [4.78, 5) is 12.8. The van der Waals surface area contributed by atoms with Gasteiger partial charge in [0.05, 0.1) is 18.1 Å². The molecule has 0 unspecified atom stereocenters. The molecule has 1 saturated heterocycles. The van der Waals surface area contributed by atoms with Crippen molar-refractivity contribution in [2.45, 2.75) is 18.7 Å². The number of amides is 1. The topological polar surface area (TPSA) is 75.7 Å². The zero-order chi connectivity index (χ0) is 19.6. The Bertz CT molecular complexity index is 970. The SMILES string of the molecule is Cc1cccc(NC(=O)c2ccc(Br)c(S(=O)(=O)N3CCOCC3)c2)c1C. The number of rotatable bonds is 4. The van der Waals surface area contributed by atoms with Crippen molar-refractivity contribution in [2.24, 2.45) is 0 Å².